The van der Waals surface area contributed by atoms with Crippen molar-refractivity contribution in [2.24, 2.45) is 5.41 Å². The third-order valence-electron chi connectivity index (χ3n) is 9.60. The summed E-state index contributed by atoms with van der Waals surface area (Å²) in [6, 6.07) is 18.5. The Morgan fingerprint density at radius 1 is 0.909 bits per heavy atom. The maximum Gasteiger partial charge on any atom is 0.416 e. The molecular formula is C35H35ClF3N3O2. The zero-order chi connectivity index (χ0) is 30.9. The monoisotopic (exact) mass is 621 g/mol. The number of likely N-dealkylation sites (tertiary alicyclic amines) is 1. The Kier molecular flexibility index (Phi) is 8.46. The molecule has 9 heteroatoms. The normalized spacial score (nSPS) is 19.8. The number of hydrogen-bond acceptors (Lipinski definition) is 3. The summed E-state index contributed by atoms with van der Waals surface area (Å²) in [6.07, 6.45) is 4.25. The molecule has 0 bridgehead atoms. The Bertz CT molecular complexity index is 1550. The van der Waals surface area contributed by atoms with Crippen LogP contribution in [0.1, 0.15) is 70.8 Å². The van der Waals surface area contributed by atoms with Gasteiger partial charge in [-0.1, -0.05) is 35.9 Å². The third kappa shape index (κ3) is 6.50. The first-order chi connectivity index (χ1) is 21.1. The van der Waals surface area contributed by atoms with Gasteiger partial charge >= 0.3 is 6.18 Å². The molecular weight excluding hydrogens is 587 g/mol. The van der Waals surface area contributed by atoms with E-state index in [-0.39, 0.29) is 23.3 Å². The third-order valence-corrected chi connectivity index (χ3v) is 9.95. The lowest BCUT2D eigenvalue weighted by Crippen LogP contribution is -2.48. The number of benzene rings is 3. The van der Waals surface area contributed by atoms with Crippen molar-refractivity contribution in [3.8, 4) is 0 Å². The summed E-state index contributed by atoms with van der Waals surface area (Å²) >= 11 is 6.19. The van der Waals surface area contributed by atoms with Crippen LogP contribution in [0, 0.1) is 5.41 Å². The molecule has 2 heterocycles. The molecule has 0 saturated carbocycles. The quantitative estimate of drug-likeness (QED) is 0.297. The van der Waals surface area contributed by atoms with Crippen LogP contribution in [0.2, 0.25) is 5.02 Å². The van der Waals surface area contributed by atoms with Gasteiger partial charge in [0, 0.05) is 48.5 Å². The summed E-state index contributed by atoms with van der Waals surface area (Å²) in [6.45, 7) is 2.96. The molecule has 0 aromatic heterocycles. The zero-order valence-electron chi connectivity index (χ0n) is 24.4. The van der Waals surface area contributed by atoms with Gasteiger partial charge in [0.15, 0.2) is 0 Å². The van der Waals surface area contributed by atoms with Crippen LogP contribution in [-0.2, 0) is 17.4 Å². The second-order valence-corrected chi connectivity index (χ2v) is 12.6. The molecule has 6 rings (SSSR count). The predicted octanol–water partition coefficient (Wildman–Crippen LogP) is 7.70. The minimum Gasteiger partial charge on any atom is -0.371 e. The van der Waals surface area contributed by atoms with E-state index in [0.29, 0.717) is 23.7 Å². The number of anilines is 1. The molecule has 3 aliphatic rings. The van der Waals surface area contributed by atoms with Crippen molar-refractivity contribution in [1.82, 2.24) is 10.2 Å². The van der Waals surface area contributed by atoms with E-state index in [1.165, 1.54) is 6.08 Å². The SMILES string of the molecule is O=C(/C=C/c1ccccc1Cl)NC1CCc2ccc(C(=O)N3CCC4(CC3)CCN(c3ccc(C(F)(F)F)cc3)CC4)cc21. The number of carbonyl (C=O) groups excluding carboxylic acids is 2. The summed E-state index contributed by atoms with van der Waals surface area (Å²) in [5.74, 6) is -0.189. The molecule has 0 radical (unpaired) electrons. The second kappa shape index (κ2) is 12.3. The van der Waals surface area contributed by atoms with E-state index in [1.807, 2.05) is 41.3 Å². The summed E-state index contributed by atoms with van der Waals surface area (Å²) in [4.78, 5) is 30.3. The number of rotatable bonds is 5. The molecule has 3 aromatic rings. The Morgan fingerprint density at radius 3 is 2.27 bits per heavy atom. The first-order valence-corrected chi connectivity index (χ1v) is 15.6. The zero-order valence-corrected chi connectivity index (χ0v) is 25.1. The van der Waals surface area contributed by atoms with E-state index in [1.54, 1.807) is 24.3 Å². The molecule has 1 N–H and O–H groups in total. The molecule has 230 valence electrons. The predicted molar refractivity (Wildman–Crippen MR) is 167 cm³/mol. The molecule has 3 aromatic carbocycles. The number of nitrogens with zero attached hydrogens (tertiary/aromatic N) is 2. The van der Waals surface area contributed by atoms with Crippen LogP contribution in [0.4, 0.5) is 18.9 Å². The number of aryl methyl sites for hydroxylation is 1. The number of nitrogens with one attached hydrogen (secondary N) is 1. The van der Waals surface area contributed by atoms with Gasteiger partial charge in [-0.3, -0.25) is 9.59 Å². The standard InChI is InChI=1S/C35H35ClF3N3O2/c36-30-4-2-1-3-25(30)8-14-32(43)40-31-13-7-24-5-6-26(23-29(24)31)33(44)42-21-17-34(18-22-42)15-19-41(20-16-34)28-11-9-27(10-12-28)35(37,38)39/h1-6,8-12,14,23,31H,7,13,15-22H2,(H,40,43)/b14-8+. The number of amides is 2. The first kappa shape index (κ1) is 30.3. The van der Waals surface area contributed by atoms with Crippen LogP contribution in [-0.4, -0.2) is 42.9 Å². The first-order valence-electron chi connectivity index (χ1n) is 15.2. The molecule has 2 aliphatic heterocycles. The van der Waals surface area contributed by atoms with Gasteiger partial charge in [0.25, 0.3) is 5.91 Å². The van der Waals surface area contributed by atoms with E-state index in [2.05, 4.69) is 10.2 Å². The number of piperidine rings is 2. The largest absolute Gasteiger partial charge is 0.416 e. The minimum atomic E-state index is -4.33. The highest BCUT2D eigenvalue weighted by Gasteiger charge is 2.39. The van der Waals surface area contributed by atoms with Gasteiger partial charge in [-0.25, -0.2) is 0 Å². The van der Waals surface area contributed by atoms with E-state index in [4.69, 9.17) is 11.6 Å². The fourth-order valence-electron chi connectivity index (χ4n) is 6.85. The van der Waals surface area contributed by atoms with Gasteiger partial charge in [0.05, 0.1) is 11.6 Å². The average Bonchev–Trinajstić information content (AvgIpc) is 3.42. The number of halogens is 4. The van der Waals surface area contributed by atoms with Crippen LogP contribution >= 0.6 is 11.6 Å². The van der Waals surface area contributed by atoms with Crippen molar-refractivity contribution < 1.29 is 22.8 Å². The number of alkyl halides is 3. The highest BCUT2D eigenvalue weighted by atomic mass is 35.5. The fourth-order valence-corrected chi connectivity index (χ4v) is 7.05. The molecule has 1 atom stereocenters. The van der Waals surface area contributed by atoms with E-state index in [0.717, 1.165) is 86.1 Å². The highest BCUT2D eigenvalue weighted by Crippen LogP contribution is 2.43. The molecule has 5 nitrogen and oxygen atoms in total. The average molecular weight is 622 g/mol. The lowest BCUT2D eigenvalue weighted by Gasteiger charge is -2.47. The fraction of sp³-hybridized carbons (Fsp3) is 0.371. The minimum absolute atomic E-state index is 0.0143. The van der Waals surface area contributed by atoms with Crippen LogP contribution in [0.3, 0.4) is 0 Å². The van der Waals surface area contributed by atoms with Crippen LogP contribution < -0.4 is 10.2 Å². The van der Waals surface area contributed by atoms with Crippen molar-refractivity contribution in [3.05, 3.63) is 106 Å². The van der Waals surface area contributed by atoms with Crippen molar-refractivity contribution >= 4 is 35.2 Å². The van der Waals surface area contributed by atoms with Crippen LogP contribution in [0.15, 0.2) is 72.8 Å². The number of fused-ring (bicyclic) bond motifs is 1. The Hall–Kier alpha value is -3.78. The maximum atomic E-state index is 13.6. The summed E-state index contributed by atoms with van der Waals surface area (Å²) < 4.78 is 38.8. The van der Waals surface area contributed by atoms with Gasteiger partial charge in [-0.15, -0.1) is 0 Å². The van der Waals surface area contributed by atoms with Crippen molar-refractivity contribution in [3.63, 3.8) is 0 Å². The van der Waals surface area contributed by atoms with Crippen LogP contribution in [0.25, 0.3) is 6.08 Å². The summed E-state index contributed by atoms with van der Waals surface area (Å²) in [5.41, 5.74) is 3.92. The van der Waals surface area contributed by atoms with E-state index < -0.39 is 11.7 Å². The Labute approximate surface area is 260 Å². The van der Waals surface area contributed by atoms with Gasteiger partial charge in [0.1, 0.15) is 0 Å². The van der Waals surface area contributed by atoms with Gasteiger partial charge < -0.3 is 15.1 Å². The summed E-state index contributed by atoms with van der Waals surface area (Å²) in [7, 11) is 0. The van der Waals surface area contributed by atoms with Gasteiger partial charge in [-0.05, 0) is 109 Å². The van der Waals surface area contributed by atoms with Crippen molar-refractivity contribution in [2.45, 2.75) is 50.7 Å². The van der Waals surface area contributed by atoms with Crippen molar-refractivity contribution in [2.75, 3.05) is 31.1 Å². The Balaban J connectivity index is 1.03. The molecule has 1 aliphatic carbocycles. The molecule has 1 unspecified atom stereocenters. The molecule has 2 saturated heterocycles. The summed E-state index contributed by atoms with van der Waals surface area (Å²) in [5, 5.41) is 3.67. The smallest absolute Gasteiger partial charge is 0.371 e. The molecule has 44 heavy (non-hydrogen) atoms. The lowest BCUT2D eigenvalue weighted by atomic mass is 9.71. The molecule has 1 spiro atoms. The topological polar surface area (TPSA) is 52.7 Å². The maximum absolute atomic E-state index is 13.6. The van der Waals surface area contributed by atoms with Gasteiger partial charge in [0.2, 0.25) is 5.91 Å². The molecule has 2 amide bonds. The number of hydrogen-bond donors (Lipinski definition) is 1. The van der Waals surface area contributed by atoms with Crippen molar-refractivity contribution in [1.29, 1.82) is 0 Å². The van der Waals surface area contributed by atoms with E-state index >= 15 is 0 Å². The van der Waals surface area contributed by atoms with Gasteiger partial charge in [-0.2, -0.15) is 13.2 Å². The molecule has 2 fully saturated rings. The Morgan fingerprint density at radius 2 is 1.59 bits per heavy atom. The van der Waals surface area contributed by atoms with E-state index in [9.17, 15) is 22.8 Å². The highest BCUT2D eigenvalue weighted by molar-refractivity contribution is 6.32. The van der Waals surface area contributed by atoms with Crippen LogP contribution in [0.5, 0.6) is 0 Å². The number of carbonyl (C=O) groups is 2. The second-order valence-electron chi connectivity index (χ2n) is 12.2. The lowest BCUT2D eigenvalue weighted by molar-refractivity contribution is -0.137.